The number of hydrogen-bond acceptors (Lipinski definition) is 3. The van der Waals surface area contributed by atoms with Crippen LogP contribution < -0.4 is 15.6 Å². The molecule has 0 fully saturated rings. The molecule has 0 amide bonds. The zero-order valence-electron chi connectivity index (χ0n) is 11.3. The smallest absolute Gasteiger partial charge is 0.157 e. The highest BCUT2D eigenvalue weighted by Gasteiger charge is 2.27. The second-order valence-corrected chi connectivity index (χ2v) is 4.92. The highest BCUT2D eigenvalue weighted by atomic mass is 16.5. The number of carboxylic acid groups (broad SMARTS) is 1. The number of carboxylic acids is 1. The molecule has 104 valence electrons. The van der Waals surface area contributed by atoms with Crippen molar-refractivity contribution in [2.75, 3.05) is 0 Å². The van der Waals surface area contributed by atoms with Gasteiger partial charge in [0.15, 0.2) is 5.54 Å². The number of hydrogen-bond donors (Lipinski definition) is 1. The van der Waals surface area contributed by atoms with Crippen molar-refractivity contribution in [3.63, 3.8) is 0 Å². The lowest BCUT2D eigenvalue weighted by molar-refractivity contribution is -0.489. The molecule has 0 heterocycles. The summed E-state index contributed by atoms with van der Waals surface area (Å²) in [7, 11) is 0. The van der Waals surface area contributed by atoms with Crippen molar-refractivity contribution >= 4 is 5.97 Å². The van der Waals surface area contributed by atoms with Gasteiger partial charge in [-0.05, 0) is 17.7 Å². The summed E-state index contributed by atoms with van der Waals surface area (Å²) in [5.41, 5.74) is 4.01. The van der Waals surface area contributed by atoms with Gasteiger partial charge in [-0.1, -0.05) is 42.5 Å². The van der Waals surface area contributed by atoms with Crippen molar-refractivity contribution in [1.29, 1.82) is 0 Å². The molecule has 4 heteroatoms. The lowest BCUT2D eigenvalue weighted by atomic mass is 9.93. The Hall–Kier alpha value is -2.33. The zero-order chi connectivity index (χ0) is 14.6. The van der Waals surface area contributed by atoms with Gasteiger partial charge in [-0.15, -0.1) is 0 Å². The third kappa shape index (κ3) is 3.16. The van der Waals surface area contributed by atoms with Crippen LogP contribution in [-0.4, -0.2) is 5.97 Å². The van der Waals surface area contributed by atoms with Crippen LogP contribution in [0.3, 0.4) is 0 Å². The fraction of sp³-hybridized carbons (Fsp3) is 0.188. The molecule has 0 radical (unpaired) electrons. The number of rotatable bonds is 5. The third-order valence-corrected chi connectivity index (χ3v) is 3.17. The molecule has 0 aliphatic heterocycles. The van der Waals surface area contributed by atoms with Crippen molar-refractivity contribution in [2.24, 2.45) is 0 Å². The number of quaternary nitrogens is 1. The molecule has 0 aliphatic rings. The number of aliphatic carboxylic acids is 1. The summed E-state index contributed by atoms with van der Waals surface area (Å²) >= 11 is 0. The Kier molecular flexibility index (Phi) is 4.05. The molecule has 2 aromatic carbocycles. The molecular weight excluding hydrogens is 254 g/mol. The summed E-state index contributed by atoms with van der Waals surface area (Å²) < 4.78 is 5.67. The maximum atomic E-state index is 11.1. The van der Waals surface area contributed by atoms with Gasteiger partial charge in [-0.25, -0.2) is 0 Å². The number of benzene rings is 2. The highest BCUT2D eigenvalue weighted by Crippen LogP contribution is 2.21. The summed E-state index contributed by atoms with van der Waals surface area (Å²) in [5, 5.41) is 11.1. The van der Waals surface area contributed by atoms with Crippen LogP contribution in [0.5, 0.6) is 5.75 Å². The maximum Gasteiger partial charge on any atom is 0.157 e. The molecule has 2 rings (SSSR count). The Labute approximate surface area is 117 Å². The Morgan fingerprint density at radius 1 is 1.20 bits per heavy atom. The molecular formula is C16H17NO3. The molecule has 0 unspecified atom stereocenters. The van der Waals surface area contributed by atoms with Crippen LogP contribution in [0.1, 0.15) is 18.1 Å². The van der Waals surface area contributed by atoms with Crippen LogP contribution in [0.4, 0.5) is 0 Å². The van der Waals surface area contributed by atoms with Crippen molar-refractivity contribution < 1.29 is 20.4 Å². The lowest BCUT2D eigenvalue weighted by Gasteiger charge is -2.22. The largest absolute Gasteiger partial charge is 0.543 e. The van der Waals surface area contributed by atoms with Gasteiger partial charge in [-0.3, -0.25) is 0 Å². The molecule has 0 saturated carbocycles. The fourth-order valence-electron chi connectivity index (χ4n) is 1.79. The first-order valence-corrected chi connectivity index (χ1v) is 6.34. The van der Waals surface area contributed by atoms with E-state index >= 15 is 0 Å². The average Bonchev–Trinajstić information content (AvgIpc) is 2.46. The quantitative estimate of drug-likeness (QED) is 0.859. The molecule has 2 aromatic rings. The van der Waals surface area contributed by atoms with E-state index in [0.29, 0.717) is 17.9 Å². The third-order valence-electron chi connectivity index (χ3n) is 3.17. The van der Waals surface area contributed by atoms with E-state index in [1.54, 1.807) is 24.3 Å². The summed E-state index contributed by atoms with van der Waals surface area (Å²) in [4.78, 5) is 11.1. The Morgan fingerprint density at radius 2 is 1.90 bits per heavy atom. The first kappa shape index (κ1) is 14.1. The standard InChI is InChI=1S/C16H17NO3/c1-16(17,15(18)19)13-8-5-9-14(10-13)20-11-12-6-3-2-4-7-12/h2-10H,11,17H2,1H3,(H,18,19)/t16-/m1/s1. The SMILES string of the molecule is C[C@]([NH3+])(C(=O)[O-])c1cccc(OCc2ccccc2)c1. The average molecular weight is 271 g/mol. The molecule has 0 spiro atoms. The lowest BCUT2D eigenvalue weighted by Crippen LogP contribution is -2.75. The number of carbonyl (C=O) groups is 1. The van der Waals surface area contributed by atoms with Gasteiger partial charge in [0.1, 0.15) is 18.3 Å². The number of carbonyl (C=O) groups excluding carboxylic acids is 1. The van der Waals surface area contributed by atoms with E-state index in [0.717, 1.165) is 5.56 Å². The Bertz CT molecular complexity index is 594. The van der Waals surface area contributed by atoms with Crippen LogP contribution in [0.25, 0.3) is 0 Å². The van der Waals surface area contributed by atoms with Crippen molar-refractivity contribution in [2.45, 2.75) is 19.1 Å². The molecule has 0 bridgehead atoms. The van der Waals surface area contributed by atoms with Gasteiger partial charge < -0.3 is 20.4 Å². The zero-order valence-corrected chi connectivity index (χ0v) is 11.3. The molecule has 4 nitrogen and oxygen atoms in total. The Balaban J connectivity index is 2.13. The molecule has 3 N–H and O–H groups in total. The summed E-state index contributed by atoms with van der Waals surface area (Å²) in [6.45, 7) is 1.95. The topological polar surface area (TPSA) is 77.0 Å². The summed E-state index contributed by atoms with van der Waals surface area (Å²) in [5.74, 6) is -0.597. The predicted molar refractivity (Wildman–Crippen MR) is 72.5 cm³/mol. The minimum absolute atomic E-state index is 0.434. The second kappa shape index (κ2) is 5.75. The predicted octanol–water partition coefficient (Wildman–Crippen LogP) is 0.473. The molecule has 0 aromatic heterocycles. The minimum Gasteiger partial charge on any atom is -0.543 e. The van der Waals surface area contributed by atoms with Gasteiger partial charge in [-0.2, -0.15) is 0 Å². The monoisotopic (exact) mass is 271 g/mol. The molecule has 0 aliphatic carbocycles. The summed E-state index contributed by atoms with van der Waals surface area (Å²) in [6, 6.07) is 16.7. The van der Waals surface area contributed by atoms with Gasteiger partial charge in [0.25, 0.3) is 0 Å². The molecule has 20 heavy (non-hydrogen) atoms. The molecule has 0 saturated heterocycles. The first-order chi connectivity index (χ1) is 9.50. The van der Waals surface area contributed by atoms with E-state index in [1.165, 1.54) is 6.92 Å². The minimum atomic E-state index is -1.29. The van der Waals surface area contributed by atoms with Crippen LogP contribution in [-0.2, 0) is 16.9 Å². The van der Waals surface area contributed by atoms with E-state index in [9.17, 15) is 9.90 Å². The first-order valence-electron chi connectivity index (χ1n) is 6.34. The van der Waals surface area contributed by atoms with Crippen LogP contribution in [0.2, 0.25) is 0 Å². The van der Waals surface area contributed by atoms with Gasteiger partial charge >= 0.3 is 0 Å². The van der Waals surface area contributed by atoms with E-state index in [4.69, 9.17) is 4.74 Å². The van der Waals surface area contributed by atoms with Crippen LogP contribution in [0.15, 0.2) is 54.6 Å². The van der Waals surface area contributed by atoms with E-state index in [-0.39, 0.29) is 0 Å². The fourth-order valence-corrected chi connectivity index (χ4v) is 1.79. The van der Waals surface area contributed by atoms with E-state index in [1.807, 2.05) is 30.3 Å². The second-order valence-electron chi connectivity index (χ2n) is 4.92. The van der Waals surface area contributed by atoms with Gasteiger partial charge in [0.05, 0.1) is 0 Å². The maximum absolute atomic E-state index is 11.1. The van der Waals surface area contributed by atoms with Crippen molar-refractivity contribution in [3.8, 4) is 5.75 Å². The van der Waals surface area contributed by atoms with Crippen molar-refractivity contribution in [3.05, 3.63) is 65.7 Å². The van der Waals surface area contributed by atoms with Gasteiger partial charge in [0.2, 0.25) is 0 Å². The number of ether oxygens (including phenoxy) is 1. The van der Waals surface area contributed by atoms with Gasteiger partial charge in [0, 0.05) is 12.5 Å². The summed E-state index contributed by atoms with van der Waals surface area (Å²) in [6.07, 6.45) is 0. The Morgan fingerprint density at radius 3 is 2.55 bits per heavy atom. The molecule has 1 atom stereocenters. The van der Waals surface area contributed by atoms with Crippen LogP contribution >= 0.6 is 0 Å². The van der Waals surface area contributed by atoms with Crippen molar-refractivity contribution in [1.82, 2.24) is 0 Å². The normalized spacial score (nSPS) is 13.5. The highest BCUT2D eigenvalue weighted by molar-refractivity contribution is 5.76. The van der Waals surface area contributed by atoms with Crippen LogP contribution in [0, 0.1) is 0 Å². The van der Waals surface area contributed by atoms with E-state index < -0.39 is 11.5 Å². The van der Waals surface area contributed by atoms with E-state index in [2.05, 4.69) is 5.73 Å².